The first-order valence-corrected chi connectivity index (χ1v) is 9.80. The van der Waals surface area contributed by atoms with Gasteiger partial charge in [-0.15, -0.1) is 11.3 Å². The van der Waals surface area contributed by atoms with Gasteiger partial charge in [-0.1, -0.05) is 6.07 Å². The summed E-state index contributed by atoms with van der Waals surface area (Å²) >= 11 is 1.72. The van der Waals surface area contributed by atoms with Crippen LogP contribution in [0.5, 0.6) is 0 Å². The Morgan fingerprint density at radius 2 is 1.95 bits per heavy atom. The molecule has 1 aliphatic rings. The van der Waals surface area contributed by atoms with Crippen LogP contribution in [-0.2, 0) is 10.0 Å². The van der Waals surface area contributed by atoms with Crippen molar-refractivity contribution in [3.63, 3.8) is 0 Å². The summed E-state index contributed by atoms with van der Waals surface area (Å²) in [6.07, 6.45) is 1.23. The van der Waals surface area contributed by atoms with Gasteiger partial charge in [0, 0.05) is 0 Å². The summed E-state index contributed by atoms with van der Waals surface area (Å²) in [5.74, 6) is 0. The Morgan fingerprint density at radius 3 is 2.45 bits per heavy atom. The molecule has 1 aromatic heterocycles. The van der Waals surface area contributed by atoms with E-state index in [9.17, 15) is 8.42 Å². The third-order valence-corrected chi connectivity index (χ3v) is 5.69. The molecule has 0 aromatic carbocycles. The lowest BCUT2D eigenvalue weighted by Crippen LogP contribution is -3.27. The summed E-state index contributed by atoms with van der Waals surface area (Å²) in [5, 5.41) is 2.07. The SMILES string of the molecule is C[C@@H](NS(C)(=O)=O)[C@H](c1cccs1)[NH+]1CC[NH+](C)CC1. The van der Waals surface area contributed by atoms with Crippen LogP contribution in [0.4, 0.5) is 0 Å². The molecule has 0 amide bonds. The molecule has 2 rings (SSSR count). The van der Waals surface area contributed by atoms with Crippen molar-refractivity contribution in [1.82, 2.24) is 4.72 Å². The lowest BCUT2D eigenvalue weighted by atomic mass is 10.1. The Kier molecular flexibility index (Phi) is 5.19. The summed E-state index contributed by atoms with van der Waals surface area (Å²) in [6, 6.07) is 4.28. The van der Waals surface area contributed by atoms with E-state index < -0.39 is 10.0 Å². The molecule has 3 N–H and O–H groups in total. The smallest absolute Gasteiger partial charge is 0.209 e. The van der Waals surface area contributed by atoms with Crippen LogP contribution >= 0.6 is 11.3 Å². The Hall–Kier alpha value is -0.470. The Morgan fingerprint density at radius 1 is 1.30 bits per heavy atom. The molecular formula is C13H25N3O2S2+2. The first kappa shape index (κ1) is 15.9. The van der Waals surface area contributed by atoms with Gasteiger partial charge in [0.05, 0.1) is 24.2 Å². The van der Waals surface area contributed by atoms with Crippen LogP contribution in [0.3, 0.4) is 0 Å². The number of sulfonamides is 1. The van der Waals surface area contributed by atoms with Crippen molar-refractivity contribution in [3.05, 3.63) is 22.4 Å². The molecule has 0 saturated carbocycles. The fourth-order valence-corrected chi connectivity index (χ4v) is 4.78. The number of likely N-dealkylation sites (N-methyl/N-ethyl adjacent to an activating group) is 1. The van der Waals surface area contributed by atoms with E-state index in [4.69, 9.17) is 0 Å². The molecule has 1 aromatic rings. The molecule has 114 valence electrons. The van der Waals surface area contributed by atoms with E-state index in [0.717, 1.165) is 26.2 Å². The molecule has 1 fully saturated rings. The van der Waals surface area contributed by atoms with Gasteiger partial charge in [0.1, 0.15) is 32.2 Å². The maximum Gasteiger partial charge on any atom is 0.209 e. The van der Waals surface area contributed by atoms with E-state index in [1.807, 2.05) is 13.0 Å². The van der Waals surface area contributed by atoms with Crippen molar-refractivity contribution in [3.8, 4) is 0 Å². The summed E-state index contributed by atoms with van der Waals surface area (Å²) in [5.41, 5.74) is 0. The molecule has 2 heterocycles. The van der Waals surface area contributed by atoms with Crippen molar-refractivity contribution in [2.24, 2.45) is 0 Å². The van der Waals surface area contributed by atoms with Crippen LogP contribution in [0.15, 0.2) is 17.5 Å². The summed E-state index contributed by atoms with van der Waals surface area (Å²) in [4.78, 5) is 4.31. The van der Waals surface area contributed by atoms with Gasteiger partial charge in [-0.3, -0.25) is 0 Å². The Bertz CT molecular complexity index is 508. The van der Waals surface area contributed by atoms with Crippen molar-refractivity contribution >= 4 is 21.4 Å². The van der Waals surface area contributed by atoms with Crippen molar-refractivity contribution in [2.45, 2.75) is 19.0 Å². The fourth-order valence-electron chi connectivity index (χ4n) is 2.98. The number of piperazine rings is 1. The maximum atomic E-state index is 11.5. The second-order valence-electron chi connectivity index (χ2n) is 5.79. The number of hydrogen-bond donors (Lipinski definition) is 3. The van der Waals surface area contributed by atoms with Crippen LogP contribution in [0.1, 0.15) is 17.8 Å². The minimum Gasteiger partial charge on any atom is -0.328 e. The minimum atomic E-state index is -3.17. The topological polar surface area (TPSA) is 55.0 Å². The second kappa shape index (κ2) is 6.53. The zero-order chi connectivity index (χ0) is 14.8. The van der Waals surface area contributed by atoms with Gasteiger partial charge < -0.3 is 9.80 Å². The molecule has 1 saturated heterocycles. The minimum absolute atomic E-state index is 0.0861. The molecule has 0 unspecified atom stereocenters. The molecule has 5 nitrogen and oxygen atoms in total. The average Bonchev–Trinajstić information content (AvgIpc) is 2.83. The Labute approximate surface area is 125 Å². The molecule has 0 spiro atoms. The monoisotopic (exact) mass is 319 g/mol. The standard InChI is InChI=1S/C13H23N3O2S2/c1-11(14-20(3,17)18)13(12-5-4-10-19-12)16-8-6-15(2)7-9-16/h4-5,10-11,13-14H,6-9H2,1-3H3/p+2/t11-,13-/m1/s1. The van der Waals surface area contributed by atoms with Gasteiger partial charge in [-0.2, -0.15) is 0 Å². The average molecular weight is 319 g/mol. The number of hydrogen-bond acceptors (Lipinski definition) is 3. The van der Waals surface area contributed by atoms with Gasteiger partial charge in [0.25, 0.3) is 0 Å². The number of nitrogens with one attached hydrogen (secondary N) is 3. The number of rotatable bonds is 5. The third-order valence-electron chi connectivity index (χ3n) is 3.94. The predicted octanol–water partition coefficient (Wildman–Crippen LogP) is -1.86. The van der Waals surface area contributed by atoms with Gasteiger partial charge >= 0.3 is 0 Å². The summed E-state index contributed by atoms with van der Waals surface area (Å²) < 4.78 is 25.8. The van der Waals surface area contributed by atoms with Crippen LogP contribution in [0.25, 0.3) is 0 Å². The molecule has 0 aliphatic carbocycles. The first-order chi connectivity index (χ1) is 9.37. The highest BCUT2D eigenvalue weighted by atomic mass is 32.2. The molecule has 0 radical (unpaired) electrons. The van der Waals surface area contributed by atoms with Gasteiger partial charge in [-0.05, 0) is 18.4 Å². The normalized spacial score (nSPS) is 27.1. The van der Waals surface area contributed by atoms with Crippen molar-refractivity contribution < 1.29 is 18.2 Å². The lowest BCUT2D eigenvalue weighted by Gasteiger charge is -2.35. The highest BCUT2D eigenvalue weighted by Crippen LogP contribution is 2.20. The van der Waals surface area contributed by atoms with Crippen LogP contribution < -0.4 is 14.5 Å². The zero-order valence-electron chi connectivity index (χ0n) is 12.3. The molecule has 0 bridgehead atoms. The van der Waals surface area contributed by atoms with Gasteiger partial charge in [0.2, 0.25) is 10.0 Å². The summed E-state index contributed by atoms with van der Waals surface area (Å²) in [7, 11) is -0.955. The third kappa shape index (κ3) is 4.26. The highest BCUT2D eigenvalue weighted by Gasteiger charge is 2.35. The number of quaternary nitrogens is 2. The van der Waals surface area contributed by atoms with E-state index in [1.54, 1.807) is 16.2 Å². The van der Waals surface area contributed by atoms with Crippen LogP contribution in [0, 0.1) is 0 Å². The van der Waals surface area contributed by atoms with Gasteiger partial charge in [-0.25, -0.2) is 13.1 Å². The predicted molar refractivity (Wildman–Crippen MR) is 81.8 cm³/mol. The number of thiophene rings is 1. The van der Waals surface area contributed by atoms with Gasteiger partial charge in [0.15, 0.2) is 0 Å². The lowest BCUT2D eigenvalue weighted by molar-refractivity contribution is -1.02. The van der Waals surface area contributed by atoms with E-state index in [-0.39, 0.29) is 12.1 Å². The maximum absolute atomic E-state index is 11.5. The van der Waals surface area contributed by atoms with Crippen molar-refractivity contribution in [1.29, 1.82) is 0 Å². The molecule has 2 atom stereocenters. The van der Waals surface area contributed by atoms with E-state index in [0.29, 0.717) is 0 Å². The van der Waals surface area contributed by atoms with Crippen molar-refractivity contribution in [2.75, 3.05) is 39.5 Å². The van der Waals surface area contributed by atoms with Crippen LogP contribution in [0.2, 0.25) is 0 Å². The Balaban J connectivity index is 2.17. The fraction of sp³-hybridized carbons (Fsp3) is 0.692. The van der Waals surface area contributed by atoms with E-state index >= 15 is 0 Å². The zero-order valence-corrected chi connectivity index (χ0v) is 14.0. The molecule has 7 heteroatoms. The largest absolute Gasteiger partial charge is 0.328 e. The van der Waals surface area contributed by atoms with E-state index in [2.05, 4.69) is 23.2 Å². The quantitative estimate of drug-likeness (QED) is 0.596. The molecule has 1 aliphatic heterocycles. The highest BCUT2D eigenvalue weighted by molar-refractivity contribution is 7.88. The first-order valence-electron chi connectivity index (χ1n) is 7.03. The molecule has 20 heavy (non-hydrogen) atoms. The molecular weight excluding hydrogens is 294 g/mol. The summed E-state index contributed by atoms with van der Waals surface area (Å²) in [6.45, 7) is 6.43. The van der Waals surface area contributed by atoms with E-state index in [1.165, 1.54) is 16.0 Å². The van der Waals surface area contributed by atoms with Crippen LogP contribution in [-0.4, -0.2) is 53.9 Å². The second-order valence-corrected chi connectivity index (χ2v) is 8.55.